The molecule has 1 atom stereocenters. The fraction of sp³-hybridized carbons (Fsp3) is 0.412. The third-order valence-corrected chi connectivity index (χ3v) is 6.11. The van der Waals surface area contributed by atoms with Crippen LogP contribution in [-0.2, 0) is 16.6 Å². The molecule has 1 saturated heterocycles. The van der Waals surface area contributed by atoms with E-state index < -0.39 is 0 Å². The summed E-state index contributed by atoms with van der Waals surface area (Å²) in [4.78, 5) is 1.22. The molecule has 1 fully saturated rings. The predicted octanol–water partition coefficient (Wildman–Crippen LogP) is 4.16. The Balaban J connectivity index is 1.88. The molecule has 1 aliphatic heterocycles. The van der Waals surface area contributed by atoms with Crippen LogP contribution in [0.4, 0.5) is 0 Å². The lowest BCUT2D eigenvalue weighted by molar-refractivity contribution is -0.0151. The Morgan fingerprint density at radius 2 is 1.95 bits per heavy atom. The minimum absolute atomic E-state index is 0.185. The number of benzene rings is 1. The van der Waals surface area contributed by atoms with Crippen molar-refractivity contribution in [2.45, 2.75) is 30.8 Å². The number of hydrogen-bond acceptors (Lipinski definition) is 3. The van der Waals surface area contributed by atoms with E-state index >= 15 is 0 Å². The van der Waals surface area contributed by atoms with Crippen molar-refractivity contribution in [3.05, 3.63) is 56.7 Å². The Morgan fingerprint density at radius 1 is 1.24 bits per heavy atom. The van der Waals surface area contributed by atoms with Gasteiger partial charge in [0.15, 0.2) is 0 Å². The molecule has 1 aromatic carbocycles. The van der Waals surface area contributed by atoms with Crippen molar-refractivity contribution in [2.75, 3.05) is 13.2 Å². The van der Waals surface area contributed by atoms with Gasteiger partial charge in [0.2, 0.25) is 0 Å². The van der Waals surface area contributed by atoms with Crippen molar-refractivity contribution in [1.82, 2.24) is 0 Å². The van der Waals surface area contributed by atoms with Crippen LogP contribution in [0.3, 0.4) is 0 Å². The van der Waals surface area contributed by atoms with Gasteiger partial charge in [-0.3, -0.25) is 0 Å². The minimum Gasteiger partial charge on any atom is -0.392 e. The molecular formula is C17H19BrO2S. The molecule has 0 spiro atoms. The average Bonchev–Trinajstić information content (AvgIpc) is 2.94. The van der Waals surface area contributed by atoms with E-state index in [2.05, 4.69) is 51.6 Å². The Kier molecular flexibility index (Phi) is 4.79. The van der Waals surface area contributed by atoms with Gasteiger partial charge in [-0.15, -0.1) is 11.3 Å². The molecule has 2 aromatic rings. The van der Waals surface area contributed by atoms with E-state index in [1.165, 1.54) is 10.4 Å². The third-order valence-electron chi connectivity index (χ3n) is 4.39. The second kappa shape index (κ2) is 6.61. The van der Waals surface area contributed by atoms with Gasteiger partial charge in [-0.2, -0.15) is 0 Å². The smallest absolute Gasteiger partial charge is 0.0686 e. The molecular weight excluding hydrogens is 348 g/mol. The topological polar surface area (TPSA) is 29.5 Å². The number of aliphatic hydroxyl groups excluding tert-OH is 1. The van der Waals surface area contributed by atoms with E-state index in [1.807, 2.05) is 6.07 Å². The zero-order valence-corrected chi connectivity index (χ0v) is 14.2. The third kappa shape index (κ3) is 3.24. The normalized spacial score (nSPS) is 19.3. The summed E-state index contributed by atoms with van der Waals surface area (Å²) in [5, 5.41) is 13.0. The molecule has 0 bridgehead atoms. The molecule has 1 unspecified atom stereocenters. The molecule has 2 nitrogen and oxygen atoms in total. The molecule has 0 radical (unpaired) electrons. The maximum atomic E-state index is 11.0. The Morgan fingerprint density at radius 3 is 2.57 bits per heavy atom. The molecule has 2 heterocycles. The van der Waals surface area contributed by atoms with Gasteiger partial charge in [0.05, 0.1) is 6.10 Å². The lowest BCUT2D eigenvalue weighted by Gasteiger charge is -2.41. The molecule has 1 aromatic heterocycles. The predicted molar refractivity (Wildman–Crippen MR) is 89.9 cm³/mol. The van der Waals surface area contributed by atoms with Gasteiger partial charge in [-0.25, -0.2) is 0 Å². The highest BCUT2D eigenvalue weighted by Gasteiger charge is 2.41. The molecule has 0 amide bonds. The first kappa shape index (κ1) is 15.2. The quantitative estimate of drug-likeness (QED) is 0.879. The van der Waals surface area contributed by atoms with Crippen LogP contribution in [0.15, 0.2) is 46.3 Å². The van der Waals surface area contributed by atoms with Gasteiger partial charge in [0.25, 0.3) is 0 Å². The second-order valence-corrected chi connectivity index (χ2v) is 7.50. The van der Waals surface area contributed by atoms with Crippen LogP contribution in [0.5, 0.6) is 0 Å². The molecule has 112 valence electrons. The monoisotopic (exact) mass is 366 g/mol. The van der Waals surface area contributed by atoms with Crippen molar-refractivity contribution >= 4 is 27.3 Å². The van der Waals surface area contributed by atoms with E-state index in [0.29, 0.717) is 6.42 Å². The van der Waals surface area contributed by atoms with Crippen molar-refractivity contribution in [1.29, 1.82) is 0 Å². The molecule has 0 aliphatic carbocycles. The fourth-order valence-corrected chi connectivity index (χ4v) is 4.66. The highest BCUT2D eigenvalue weighted by molar-refractivity contribution is 9.10. The van der Waals surface area contributed by atoms with Crippen LogP contribution in [0, 0.1) is 0 Å². The van der Waals surface area contributed by atoms with E-state index in [1.54, 1.807) is 11.3 Å². The first-order valence-electron chi connectivity index (χ1n) is 7.25. The first-order valence-corrected chi connectivity index (χ1v) is 8.92. The van der Waals surface area contributed by atoms with E-state index in [4.69, 9.17) is 4.74 Å². The van der Waals surface area contributed by atoms with Crippen LogP contribution in [0.25, 0.3) is 0 Å². The summed E-state index contributed by atoms with van der Waals surface area (Å²) in [6.45, 7) is 1.44. The van der Waals surface area contributed by atoms with Gasteiger partial charge in [-0.05, 0) is 40.4 Å². The van der Waals surface area contributed by atoms with Crippen LogP contribution in [-0.4, -0.2) is 24.4 Å². The number of ether oxygens (including phenoxy) is 1. The van der Waals surface area contributed by atoms with E-state index in [0.717, 1.165) is 30.5 Å². The summed E-state index contributed by atoms with van der Waals surface area (Å²) in [6, 6.07) is 12.5. The van der Waals surface area contributed by atoms with E-state index in [9.17, 15) is 5.11 Å². The zero-order valence-electron chi connectivity index (χ0n) is 11.8. The SMILES string of the molecule is OC(Cc1cc(Br)cs1)C1(c2ccccc2)CCOCC1. The second-order valence-electron chi connectivity index (χ2n) is 5.59. The first-order chi connectivity index (χ1) is 10.2. The Labute approximate surface area is 137 Å². The number of rotatable bonds is 4. The summed E-state index contributed by atoms with van der Waals surface area (Å²) in [6.07, 6.45) is 2.08. The lowest BCUT2D eigenvalue weighted by Crippen LogP contribution is -2.45. The van der Waals surface area contributed by atoms with Gasteiger partial charge < -0.3 is 9.84 Å². The highest BCUT2D eigenvalue weighted by Crippen LogP contribution is 2.39. The van der Waals surface area contributed by atoms with Crippen molar-refractivity contribution in [2.24, 2.45) is 0 Å². The number of thiophene rings is 1. The molecule has 21 heavy (non-hydrogen) atoms. The molecule has 4 heteroatoms. The van der Waals surface area contributed by atoms with Gasteiger partial charge >= 0.3 is 0 Å². The number of halogens is 1. The van der Waals surface area contributed by atoms with Gasteiger partial charge in [-0.1, -0.05) is 30.3 Å². The minimum atomic E-state index is -0.380. The van der Waals surface area contributed by atoms with Crippen LogP contribution in [0.2, 0.25) is 0 Å². The summed E-state index contributed by atoms with van der Waals surface area (Å²) in [5.74, 6) is 0. The van der Waals surface area contributed by atoms with Gasteiger partial charge in [0.1, 0.15) is 0 Å². The zero-order chi connectivity index (χ0) is 14.7. The summed E-state index contributed by atoms with van der Waals surface area (Å²) < 4.78 is 6.63. The maximum absolute atomic E-state index is 11.0. The number of hydrogen-bond donors (Lipinski definition) is 1. The molecule has 1 N–H and O–H groups in total. The highest BCUT2D eigenvalue weighted by atomic mass is 79.9. The molecule has 0 saturated carbocycles. The fourth-order valence-electron chi connectivity index (χ4n) is 3.17. The number of aliphatic hydroxyl groups is 1. The maximum Gasteiger partial charge on any atom is 0.0686 e. The van der Waals surface area contributed by atoms with Crippen molar-refractivity contribution in [3.63, 3.8) is 0 Å². The Bertz CT molecular complexity index is 575. The van der Waals surface area contributed by atoms with Crippen molar-refractivity contribution in [3.8, 4) is 0 Å². The van der Waals surface area contributed by atoms with Crippen molar-refractivity contribution < 1.29 is 9.84 Å². The van der Waals surface area contributed by atoms with E-state index in [-0.39, 0.29) is 11.5 Å². The van der Waals surface area contributed by atoms with Crippen LogP contribution in [0.1, 0.15) is 23.3 Å². The molecule has 1 aliphatic rings. The van der Waals surface area contributed by atoms with Crippen LogP contribution >= 0.6 is 27.3 Å². The summed E-state index contributed by atoms with van der Waals surface area (Å²) >= 11 is 5.18. The largest absolute Gasteiger partial charge is 0.392 e. The summed E-state index contributed by atoms with van der Waals surface area (Å²) in [7, 11) is 0. The average molecular weight is 367 g/mol. The molecule has 3 rings (SSSR count). The Hall–Kier alpha value is -0.680. The van der Waals surface area contributed by atoms with Gasteiger partial charge in [0, 0.05) is 39.8 Å². The van der Waals surface area contributed by atoms with Crippen LogP contribution < -0.4 is 0 Å². The summed E-state index contributed by atoms with van der Waals surface area (Å²) in [5.41, 5.74) is 1.05. The lowest BCUT2D eigenvalue weighted by atomic mass is 9.69. The standard InChI is InChI=1S/C17H19BrO2S/c18-14-10-15(21-12-14)11-16(19)17(6-8-20-9-7-17)13-4-2-1-3-5-13/h1-5,10,12,16,19H,6-9,11H2.